The molecule has 4 aromatic rings. The molecule has 0 amide bonds. The van der Waals surface area contributed by atoms with Gasteiger partial charge in [0.05, 0.1) is 6.61 Å². The van der Waals surface area contributed by atoms with Crippen molar-refractivity contribution in [1.82, 2.24) is 14.8 Å². The number of nitrogens with zero attached hydrogens (tertiary/aromatic N) is 3. The van der Waals surface area contributed by atoms with E-state index in [-0.39, 0.29) is 11.6 Å². The van der Waals surface area contributed by atoms with Crippen LogP contribution in [-0.4, -0.2) is 27.1 Å². The fourth-order valence-electron chi connectivity index (χ4n) is 2.99. The van der Waals surface area contributed by atoms with E-state index in [0.29, 0.717) is 12.4 Å². The van der Waals surface area contributed by atoms with Gasteiger partial charge in [0.2, 0.25) is 0 Å². The van der Waals surface area contributed by atoms with Crippen LogP contribution in [0.4, 0.5) is 4.39 Å². The standard InChI is InChI=1S/C23H20FN3OS/c1-17-8-7-9-18(16-17)22-25-26-23(27(22)19-10-3-2-4-11-19)29-15-14-28-21-13-6-5-12-20(21)24/h2-13,16H,14-15H2,1H3. The minimum Gasteiger partial charge on any atom is -0.490 e. The van der Waals surface area contributed by atoms with E-state index in [1.54, 1.807) is 18.2 Å². The SMILES string of the molecule is Cc1cccc(-c2nnc(SCCOc3ccccc3F)n2-c2ccccc2)c1. The second-order valence-electron chi connectivity index (χ2n) is 6.47. The molecule has 3 aromatic carbocycles. The highest BCUT2D eigenvalue weighted by molar-refractivity contribution is 7.99. The van der Waals surface area contributed by atoms with Gasteiger partial charge in [-0.15, -0.1) is 10.2 Å². The van der Waals surface area contributed by atoms with Crippen molar-refractivity contribution in [3.05, 3.63) is 90.2 Å². The molecule has 6 heteroatoms. The first-order valence-corrected chi connectivity index (χ1v) is 10.3. The van der Waals surface area contributed by atoms with Crippen molar-refractivity contribution in [3.63, 3.8) is 0 Å². The predicted octanol–water partition coefficient (Wildman–Crippen LogP) is 5.55. The van der Waals surface area contributed by atoms with Gasteiger partial charge in [0, 0.05) is 17.0 Å². The summed E-state index contributed by atoms with van der Waals surface area (Å²) >= 11 is 1.53. The van der Waals surface area contributed by atoms with E-state index in [2.05, 4.69) is 29.3 Å². The lowest BCUT2D eigenvalue weighted by Crippen LogP contribution is -2.04. The Balaban J connectivity index is 1.56. The van der Waals surface area contributed by atoms with Crippen LogP contribution in [0.3, 0.4) is 0 Å². The second-order valence-corrected chi connectivity index (χ2v) is 7.54. The van der Waals surface area contributed by atoms with Crippen LogP contribution in [0.5, 0.6) is 5.75 Å². The van der Waals surface area contributed by atoms with Crippen molar-refractivity contribution >= 4 is 11.8 Å². The van der Waals surface area contributed by atoms with E-state index in [0.717, 1.165) is 27.8 Å². The maximum absolute atomic E-state index is 13.7. The van der Waals surface area contributed by atoms with Crippen molar-refractivity contribution in [2.24, 2.45) is 0 Å². The van der Waals surface area contributed by atoms with Crippen molar-refractivity contribution in [1.29, 1.82) is 0 Å². The molecule has 1 aromatic heterocycles. The number of aryl methyl sites for hydroxylation is 1. The molecule has 4 rings (SSSR count). The average Bonchev–Trinajstić information content (AvgIpc) is 3.17. The Morgan fingerprint density at radius 3 is 2.52 bits per heavy atom. The van der Waals surface area contributed by atoms with Gasteiger partial charge < -0.3 is 4.74 Å². The van der Waals surface area contributed by atoms with Gasteiger partial charge >= 0.3 is 0 Å². The summed E-state index contributed by atoms with van der Waals surface area (Å²) in [5, 5.41) is 9.62. The molecule has 0 unspecified atom stereocenters. The quantitative estimate of drug-likeness (QED) is 0.298. The summed E-state index contributed by atoms with van der Waals surface area (Å²) in [7, 11) is 0. The summed E-state index contributed by atoms with van der Waals surface area (Å²) in [5.74, 6) is 1.31. The number of para-hydroxylation sites is 2. The molecule has 146 valence electrons. The van der Waals surface area contributed by atoms with Gasteiger partial charge in [-0.1, -0.05) is 65.9 Å². The zero-order valence-corrected chi connectivity index (χ0v) is 16.8. The monoisotopic (exact) mass is 405 g/mol. The number of rotatable bonds is 7. The Bertz CT molecular complexity index is 1100. The summed E-state index contributed by atoms with van der Waals surface area (Å²) in [6.45, 7) is 2.43. The van der Waals surface area contributed by atoms with Crippen LogP contribution >= 0.6 is 11.8 Å². The van der Waals surface area contributed by atoms with Gasteiger partial charge in [0.1, 0.15) is 0 Å². The number of hydrogen-bond donors (Lipinski definition) is 0. The van der Waals surface area contributed by atoms with Crippen molar-refractivity contribution in [2.45, 2.75) is 12.1 Å². The molecular weight excluding hydrogens is 385 g/mol. The Morgan fingerprint density at radius 1 is 0.931 bits per heavy atom. The molecular formula is C23H20FN3OS. The lowest BCUT2D eigenvalue weighted by molar-refractivity contribution is 0.325. The number of halogens is 1. The van der Waals surface area contributed by atoms with Gasteiger partial charge in [-0.25, -0.2) is 4.39 Å². The smallest absolute Gasteiger partial charge is 0.196 e. The zero-order valence-electron chi connectivity index (χ0n) is 16.0. The third-order valence-electron chi connectivity index (χ3n) is 4.33. The van der Waals surface area contributed by atoms with Gasteiger partial charge in [-0.2, -0.15) is 0 Å². The third-order valence-corrected chi connectivity index (χ3v) is 5.23. The highest BCUT2D eigenvalue weighted by atomic mass is 32.2. The zero-order chi connectivity index (χ0) is 20.1. The van der Waals surface area contributed by atoms with E-state index >= 15 is 0 Å². The highest BCUT2D eigenvalue weighted by Crippen LogP contribution is 2.28. The van der Waals surface area contributed by atoms with Crippen LogP contribution in [0, 0.1) is 12.7 Å². The molecule has 0 saturated carbocycles. The van der Waals surface area contributed by atoms with Crippen molar-refractivity contribution in [3.8, 4) is 22.8 Å². The number of ether oxygens (including phenoxy) is 1. The molecule has 0 spiro atoms. The third kappa shape index (κ3) is 4.49. The first kappa shape index (κ1) is 19.2. The maximum atomic E-state index is 13.7. The Kier molecular flexibility index (Phi) is 5.91. The lowest BCUT2D eigenvalue weighted by atomic mass is 10.1. The molecule has 0 aliphatic heterocycles. The lowest BCUT2D eigenvalue weighted by Gasteiger charge is -2.11. The van der Waals surface area contributed by atoms with Gasteiger partial charge in [-0.3, -0.25) is 4.57 Å². The summed E-state index contributed by atoms with van der Waals surface area (Å²) < 4.78 is 21.3. The van der Waals surface area contributed by atoms with Crippen LogP contribution in [-0.2, 0) is 0 Å². The summed E-state index contributed by atoms with van der Waals surface area (Å²) in [5.41, 5.74) is 3.17. The van der Waals surface area contributed by atoms with Crippen LogP contribution < -0.4 is 4.74 Å². The van der Waals surface area contributed by atoms with Gasteiger partial charge in [0.25, 0.3) is 0 Å². The van der Waals surface area contributed by atoms with Gasteiger partial charge in [0.15, 0.2) is 22.5 Å². The summed E-state index contributed by atoms with van der Waals surface area (Å²) in [6, 6.07) is 24.6. The second kappa shape index (κ2) is 8.92. The fraction of sp³-hybridized carbons (Fsp3) is 0.130. The normalized spacial score (nSPS) is 10.8. The van der Waals surface area contributed by atoms with E-state index in [9.17, 15) is 4.39 Å². The minimum atomic E-state index is -0.355. The Labute approximate surface area is 173 Å². The Morgan fingerprint density at radius 2 is 1.72 bits per heavy atom. The van der Waals surface area contributed by atoms with Crippen LogP contribution in [0.2, 0.25) is 0 Å². The van der Waals surface area contributed by atoms with Crippen molar-refractivity contribution < 1.29 is 9.13 Å². The Hall–Kier alpha value is -3.12. The van der Waals surface area contributed by atoms with Crippen LogP contribution in [0.1, 0.15) is 5.56 Å². The molecule has 0 saturated heterocycles. The minimum absolute atomic E-state index is 0.262. The number of aromatic nitrogens is 3. The summed E-state index contributed by atoms with van der Waals surface area (Å²) in [4.78, 5) is 0. The van der Waals surface area contributed by atoms with Crippen LogP contribution in [0.15, 0.2) is 84.0 Å². The molecule has 0 radical (unpaired) electrons. The maximum Gasteiger partial charge on any atom is 0.196 e. The predicted molar refractivity (Wildman–Crippen MR) is 114 cm³/mol. The number of benzene rings is 3. The first-order valence-electron chi connectivity index (χ1n) is 9.30. The van der Waals surface area contributed by atoms with E-state index < -0.39 is 0 Å². The van der Waals surface area contributed by atoms with E-state index in [1.807, 2.05) is 47.0 Å². The average molecular weight is 405 g/mol. The largest absolute Gasteiger partial charge is 0.490 e. The molecule has 0 fully saturated rings. The number of hydrogen-bond acceptors (Lipinski definition) is 4. The topological polar surface area (TPSA) is 39.9 Å². The fourth-order valence-corrected chi connectivity index (χ4v) is 3.76. The van der Waals surface area contributed by atoms with Gasteiger partial charge in [-0.05, 0) is 37.3 Å². The number of thioether (sulfide) groups is 1. The van der Waals surface area contributed by atoms with E-state index in [1.165, 1.54) is 17.8 Å². The highest BCUT2D eigenvalue weighted by Gasteiger charge is 2.16. The molecule has 0 bridgehead atoms. The molecule has 0 aliphatic rings. The molecule has 0 atom stereocenters. The van der Waals surface area contributed by atoms with E-state index in [4.69, 9.17) is 4.74 Å². The van der Waals surface area contributed by atoms with Crippen LogP contribution in [0.25, 0.3) is 17.1 Å². The van der Waals surface area contributed by atoms with Crippen molar-refractivity contribution in [2.75, 3.05) is 12.4 Å². The molecule has 0 N–H and O–H groups in total. The molecule has 1 heterocycles. The molecule has 29 heavy (non-hydrogen) atoms. The summed E-state index contributed by atoms with van der Waals surface area (Å²) in [6.07, 6.45) is 0. The molecule has 4 nitrogen and oxygen atoms in total. The molecule has 0 aliphatic carbocycles. The first-order chi connectivity index (χ1) is 14.2.